The number of nitrogens with zero attached hydrogens (tertiary/aromatic N) is 1. The minimum absolute atomic E-state index is 0. The highest BCUT2D eigenvalue weighted by Gasteiger charge is 2.23. The van der Waals surface area contributed by atoms with Crippen LogP contribution in [0, 0.1) is 0 Å². The van der Waals surface area contributed by atoms with Gasteiger partial charge < -0.3 is 10.6 Å². The zero-order valence-corrected chi connectivity index (χ0v) is 11.7. The third-order valence-electron chi connectivity index (χ3n) is 3.14. The van der Waals surface area contributed by atoms with Crippen LogP contribution in [0.2, 0.25) is 5.02 Å². The van der Waals surface area contributed by atoms with Gasteiger partial charge in [0.15, 0.2) is 0 Å². The number of hydrogen-bond acceptors (Lipinski definition) is 2. The molecular formula is C13H18Cl2N2O. The van der Waals surface area contributed by atoms with E-state index in [1.807, 2.05) is 29.2 Å². The van der Waals surface area contributed by atoms with Gasteiger partial charge in [-0.25, -0.2) is 0 Å². The highest BCUT2D eigenvalue weighted by atomic mass is 35.5. The van der Waals surface area contributed by atoms with Crippen LogP contribution in [-0.4, -0.2) is 29.9 Å². The molecule has 1 saturated heterocycles. The van der Waals surface area contributed by atoms with E-state index in [0.717, 1.165) is 23.6 Å². The maximum Gasteiger partial charge on any atom is 0.222 e. The molecule has 1 aliphatic heterocycles. The zero-order valence-electron chi connectivity index (χ0n) is 10.1. The zero-order chi connectivity index (χ0) is 12.3. The number of aryl methyl sites for hydroxylation is 1. The molecule has 1 aromatic rings. The molecule has 1 heterocycles. The summed E-state index contributed by atoms with van der Waals surface area (Å²) in [6.07, 6.45) is 2.12. The molecule has 0 radical (unpaired) electrons. The van der Waals surface area contributed by atoms with Crippen molar-refractivity contribution in [1.82, 2.24) is 4.90 Å². The Balaban J connectivity index is 0.00000162. The number of amides is 1. The van der Waals surface area contributed by atoms with Gasteiger partial charge in [-0.05, 0) is 24.5 Å². The maximum absolute atomic E-state index is 11.9. The molecule has 1 aromatic carbocycles. The van der Waals surface area contributed by atoms with Crippen LogP contribution >= 0.6 is 24.0 Å². The summed E-state index contributed by atoms with van der Waals surface area (Å²) >= 11 is 6.05. The molecular weight excluding hydrogens is 271 g/mol. The lowest BCUT2D eigenvalue weighted by Gasteiger charge is -2.15. The van der Waals surface area contributed by atoms with Crippen LogP contribution in [0.25, 0.3) is 0 Å². The van der Waals surface area contributed by atoms with Crippen molar-refractivity contribution in [1.29, 1.82) is 0 Å². The van der Waals surface area contributed by atoms with E-state index >= 15 is 0 Å². The topological polar surface area (TPSA) is 46.3 Å². The van der Waals surface area contributed by atoms with Gasteiger partial charge in [0.25, 0.3) is 0 Å². The van der Waals surface area contributed by atoms with E-state index in [0.29, 0.717) is 19.4 Å². The van der Waals surface area contributed by atoms with Gasteiger partial charge in [0, 0.05) is 30.6 Å². The van der Waals surface area contributed by atoms with Crippen molar-refractivity contribution in [2.24, 2.45) is 5.73 Å². The van der Waals surface area contributed by atoms with Gasteiger partial charge in [-0.15, -0.1) is 12.4 Å². The molecule has 2 N–H and O–H groups in total. The van der Waals surface area contributed by atoms with E-state index in [1.165, 1.54) is 0 Å². The van der Waals surface area contributed by atoms with Crippen molar-refractivity contribution in [2.75, 3.05) is 13.1 Å². The minimum Gasteiger partial charge on any atom is -0.341 e. The first-order chi connectivity index (χ1) is 8.16. The molecule has 0 aromatic heterocycles. The SMILES string of the molecule is Cl.N[C@@H]1CCN(C(=O)CCc2ccccc2Cl)C1. The van der Waals surface area contributed by atoms with E-state index in [-0.39, 0.29) is 24.4 Å². The Morgan fingerprint density at radius 2 is 2.17 bits per heavy atom. The maximum atomic E-state index is 11.9. The number of halogens is 2. The lowest BCUT2D eigenvalue weighted by molar-refractivity contribution is -0.130. The molecule has 2 rings (SSSR count). The molecule has 1 aliphatic rings. The smallest absolute Gasteiger partial charge is 0.222 e. The van der Waals surface area contributed by atoms with Crippen molar-refractivity contribution in [3.63, 3.8) is 0 Å². The molecule has 0 unspecified atom stereocenters. The molecule has 1 fully saturated rings. The van der Waals surface area contributed by atoms with Crippen molar-refractivity contribution in [3.8, 4) is 0 Å². The Morgan fingerprint density at radius 3 is 2.78 bits per heavy atom. The first kappa shape index (κ1) is 15.3. The largest absolute Gasteiger partial charge is 0.341 e. The van der Waals surface area contributed by atoms with Crippen LogP contribution in [0.3, 0.4) is 0 Å². The van der Waals surface area contributed by atoms with E-state index < -0.39 is 0 Å². The van der Waals surface area contributed by atoms with Gasteiger partial charge in [0.1, 0.15) is 0 Å². The molecule has 5 heteroatoms. The summed E-state index contributed by atoms with van der Waals surface area (Å²) < 4.78 is 0. The molecule has 0 aliphatic carbocycles. The molecule has 100 valence electrons. The highest BCUT2D eigenvalue weighted by molar-refractivity contribution is 6.31. The number of rotatable bonds is 3. The van der Waals surface area contributed by atoms with E-state index in [4.69, 9.17) is 17.3 Å². The summed E-state index contributed by atoms with van der Waals surface area (Å²) in [6.45, 7) is 1.49. The lowest BCUT2D eigenvalue weighted by atomic mass is 10.1. The van der Waals surface area contributed by atoms with Gasteiger partial charge in [0.05, 0.1) is 0 Å². The molecule has 1 atom stereocenters. The van der Waals surface area contributed by atoms with Gasteiger partial charge in [0.2, 0.25) is 5.91 Å². The van der Waals surface area contributed by atoms with Gasteiger partial charge >= 0.3 is 0 Å². The number of benzene rings is 1. The van der Waals surface area contributed by atoms with Gasteiger partial charge in [-0.3, -0.25) is 4.79 Å². The summed E-state index contributed by atoms with van der Waals surface area (Å²) in [5.41, 5.74) is 6.81. The fraction of sp³-hybridized carbons (Fsp3) is 0.462. The van der Waals surface area contributed by atoms with E-state index in [9.17, 15) is 4.79 Å². The summed E-state index contributed by atoms with van der Waals surface area (Å²) in [4.78, 5) is 13.8. The van der Waals surface area contributed by atoms with Crippen LogP contribution in [0.5, 0.6) is 0 Å². The average molecular weight is 289 g/mol. The number of likely N-dealkylation sites (tertiary alicyclic amines) is 1. The van der Waals surface area contributed by atoms with Crippen LogP contribution in [0.1, 0.15) is 18.4 Å². The highest BCUT2D eigenvalue weighted by Crippen LogP contribution is 2.17. The predicted octanol–water partition coefficient (Wildman–Crippen LogP) is 2.25. The summed E-state index contributed by atoms with van der Waals surface area (Å²) in [5.74, 6) is 0.179. The van der Waals surface area contributed by atoms with Crippen LogP contribution in [-0.2, 0) is 11.2 Å². The minimum atomic E-state index is 0. The van der Waals surface area contributed by atoms with E-state index in [2.05, 4.69) is 0 Å². The Hall–Kier alpha value is -0.770. The second-order valence-electron chi connectivity index (χ2n) is 4.48. The Kier molecular flexibility index (Phi) is 5.93. The van der Waals surface area contributed by atoms with Crippen LogP contribution < -0.4 is 5.73 Å². The fourth-order valence-corrected chi connectivity index (χ4v) is 2.34. The third kappa shape index (κ3) is 3.87. The number of hydrogen-bond donors (Lipinski definition) is 1. The average Bonchev–Trinajstić information content (AvgIpc) is 2.74. The molecule has 0 bridgehead atoms. The van der Waals surface area contributed by atoms with E-state index in [1.54, 1.807) is 0 Å². The summed E-state index contributed by atoms with van der Waals surface area (Å²) in [6, 6.07) is 7.81. The molecule has 18 heavy (non-hydrogen) atoms. The standard InChI is InChI=1S/C13H17ClN2O.ClH/c14-12-4-2-1-3-10(12)5-6-13(17)16-8-7-11(15)9-16;/h1-4,11H,5-9,15H2;1H/t11-;/m1./s1. The number of carbonyl (C=O) groups excluding carboxylic acids is 1. The monoisotopic (exact) mass is 288 g/mol. The number of carbonyl (C=O) groups is 1. The lowest BCUT2D eigenvalue weighted by Crippen LogP contribution is -2.31. The predicted molar refractivity (Wildman–Crippen MR) is 76.2 cm³/mol. The Labute approximate surface area is 119 Å². The number of nitrogens with two attached hydrogens (primary N) is 1. The van der Waals surface area contributed by atoms with Crippen molar-refractivity contribution >= 4 is 29.9 Å². The quantitative estimate of drug-likeness (QED) is 0.927. The summed E-state index contributed by atoms with van der Waals surface area (Å²) in [5, 5.41) is 0.735. The van der Waals surface area contributed by atoms with Crippen LogP contribution in [0.15, 0.2) is 24.3 Å². The molecule has 0 spiro atoms. The van der Waals surface area contributed by atoms with Crippen molar-refractivity contribution in [2.45, 2.75) is 25.3 Å². The Morgan fingerprint density at radius 1 is 1.44 bits per heavy atom. The van der Waals surface area contributed by atoms with Gasteiger partial charge in [-0.2, -0.15) is 0 Å². The van der Waals surface area contributed by atoms with Crippen LogP contribution in [0.4, 0.5) is 0 Å². The van der Waals surface area contributed by atoms with Crippen molar-refractivity contribution < 1.29 is 4.79 Å². The van der Waals surface area contributed by atoms with Crippen molar-refractivity contribution in [3.05, 3.63) is 34.9 Å². The molecule has 0 saturated carbocycles. The summed E-state index contributed by atoms with van der Waals surface area (Å²) in [7, 11) is 0. The second kappa shape index (κ2) is 6.98. The normalized spacial score (nSPS) is 18.6. The first-order valence-corrected chi connectivity index (χ1v) is 6.31. The first-order valence-electron chi connectivity index (χ1n) is 5.93. The second-order valence-corrected chi connectivity index (χ2v) is 4.89. The van der Waals surface area contributed by atoms with Gasteiger partial charge in [-0.1, -0.05) is 29.8 Å². The Bertz CT molecular complexity index is 412. The fourth-order valence-electron chi connectivity index (χ4n) is 2.11. The molecule has 1 amide bonds. The molecule has 3 nitrogen and oxygen atoms in total. The third-order valence-corrected chi connectivity index (χ3v) is 3.51.